The molecule has 8 heteroatoms. The minimum Gasteiger partial charge on any atom is -0.392 e. The van der Waals surface area contributed by atoms with Gasteiger partial charge in [0.25, 0.3) is 5.56 Å². The smallest absolute Gasteiger partial charge is 0.329 e. The SMILES string of the molecule is CCCCCCCCNC(C)C(O)CCCCCCCN1CN(C)c2c1n(C)c(=O)[nH]c2=O. The number of anilines is 2. The number of H-pyrrole nitrogens is 1. The summed E-state index contributed by atoms with van der Waals surface area (Å²) in [6, 6.07) is 0.155. The van der Waals surface area contributed by atoms with Crippen LogP contribution in [0.4, 0.5) is 11.5 Å². The molecule has 0 radical (unpaired) electrons. The molecule has 0 aliphatic carbocycles. The van der Waals surface area contributed by atoms with Crippen LogP contribution in [0.5, 0.6) is 0 Å². The Bertz CT molecular complexity index is 806. The van der Waals surface area contributed by atoms with Crippen molar-refractivity contribution in [2.24, 2.45) is 7.05 Å². The van der Waals surface area contributed by atoms with Crippen molar-refractivity contribution in [2.45, 2.75) is 103 Å². The zero-order chi connectivity index (χ0) is 24.2. The van der Waals surface area contributed by atoms with Crippen LogP contribution in [0.1, 0.15) is 90.9 Å². The Balaban J connectivity index is 1.56. The van der Waals surface area contributed by atoms with E-state index in [1.807, 2.05) is 11.9 Å². The van der Waals surface area contributed by atoms with E-state index in [0.717, 1.165) is 57.4 Å². The molecule has 0 saturated carbocycles. The van der Waals surface area contributed by atoms with Crippen LogP contribution in [0.3, 0.4) is 0 Å². The Morgan fingerprint density at radius 2 is 1.61 bits per heavy atom. The summed E-state index contributed by atoms with van der Waals surface area (Å²) >= 11 is 0. The van der Waals surface area contributed by atoms with E-state index in [2.05, 4.69) is 29.0 Å². The fourth-order valence-electron chi connectivity index (χ4n) is 4.68. The fourth-order valence-corrected chi connectivity index (χ4v) is 4.68. The number of aliphatic hydroxyl groups is 1. The van der Waals surface area contributed by atoms with Crippen molar-refractivity contribution in [3.8, 4) is 0 Å². The number of aromatic nitrogens is 2. The Labute approximate surface area is 199 Å². The van der Waals surface area contributed by atoms with Crippen molar-refractivity contribution in [3.63, 3.8) is 0 Å². The predicted molar refractivity (Wildman–Crippen MR) is 137 cm³/mol. The van der Waals surface area contributed by atoms with Crippen molar-refractivity contribution in [3.05, 3.63) is 20.8 Å². The van der Waals surface area contributed by atoms with Crippen LogP contribution in [-0.4, -0.2) is 53.6 Å². The summed E-state index contributed by atoms with van der Waals surface area (Å²) in [5.74, 6) is 0.719. The molecule has 1 aromatic heterocycles. The van der Waals surface area contributed by atoms with E-state index in [0.29, 0.717) is 12.4 Å². The van der Waals surface area contributed by atoms with Crippen LogP contribution in [0.25, 0.3) is 0 Å². The van der Waals surface area contributed by atoms with Crippen molar-refractivity contribution in [1.29, 1.82) is 0 Å². The molecular weight excluding hydrogens is 418 g/mol. The first kappa shape index (κ1) is 27.4. The second-order valence-corrected chi connectivity index (χ2v) is 9.73. The molecule has 0 fully saturated rings. The van der Waals surface area contributed by atoms with E-state index < -0.39 is 0 Å². The summed E-state index contributed by atoms with van der Waals surface area (Å²) < 4.78 is 1.53. The molecule has 2 heterocycles. The number of aliphatic hydroxyl groups excluding tert-OH is 1. The lowest BCUT2D eigenvalue weighted by Crippen LogP contribution is -2.37. The van der Waals surface area contributed by atoms with Gasteiger partial charge in [0.05, 0.1) is 12.8 Å². The van der Waals surface area contributed by atoms with Crippen LogP contribution in [0, 0.1) is 0 Å². The number of hydrogen-bond donors (Lipinski definition) is 3. The topological polar surface area (TPSA) is 93.6 Å². The molecule has 1 aliphatic rings. The van der Waals surface area contributed by atoms with Gasteiger partial charge in [-0.05, 0) is 32.7 Å². The highest BCUT2D eigenvalue weighted by molar-refractivity contribution is 5.71. The standard InChI is InChI=1S/C25H47N5O3/c1-5-6-7-8-11-14-17-26-20(2)21(31)16-13-10-9-12-15-18-30-19-28(3)22-23(32)27-25(33)29(4)24(22)30/h20-21,26,31H,5-19H2,1-4H3,(H,27,32,33). The predicted octanol–water partition coefficient (Wildman–Crippen LogP) is 3.33. The second-order valence-electron chi connectivity index (χ2n) is 9.73. The van der Waals surface area contributed by atoms with Gasteiger partial charge in [0, 0.05) is 26.7 Å². The number of unbranched alkanes of at least 4 members (excludes halogenated alkanes) is 9. The lowest BCUT2D eigenvalue weighted by atomic mass is 10.0. The molecule has 2 atom stereocenters. The van der Waals surface area contributed by atoms with Crippen LogP contribution in [-0.2, 0) is 7.05 Å². The first-order valence-corrected chi connectivity index (χ1v) is 13.1. The van der Waals surface area contributed by atoms with Crippen LogP contribution in [0.2, 0.25) is 0 Å². The average molecular weight is 466 g/mol. The molecule has 190 valence electrons. The number of aromatic amines is 1. The summed E-state index contributed by atoms with van der Waals surface area (Å²) in [5.41, 5.74) is -0.106. The van der Waals surface area contributed by atoms with Crippen LogP contribution in [0.15, 0.2) is 9.59 Å². The van der Waals surface area contributed by atoms with Gasteiger partial charge in [0.15, 0.2) is 0 Å². The molecule has 3 N–H and O–H groups in total. The fraction of sp³-hybridized carbons (Fsp3) is 0.840. The number of nitrogens with zero attached hydrogens (tertiary/aromatic N) is 3. The highest BCUT2D eigenvalue weighted by atomic mass is 16.3. The third-order valence-corrected chi connectivity index (χ3v) is 6.84. The number of rotatable bonds is 17. The summed E-state index contributed by atoms with van der Waals surface area (Å²) in [5, 5.41) is 13.9. The van der Waals surface area contributed by atoms with Crippen molar-refractivity contribution < 1.29 is 5.11 Å². The second kappa shape index (κ2) is 14.5. The van der Waals surface area contributed by atoms with Crippen molar-refractivity contribution in [2.75, 3.05) is 36.6 Å². The van der Waals surface area contributed by atoms with Gasteiger partial charge in [-0.3, -0.25) is 14.3 Å². The summed E-state index contributed by atoms with van der Waals surface area (Å²) in [7, 11) is 3.59. The maximum Gasteiger partial charge on any atom is 0.329 e. The maximum atomic E-state index is 12.2. The molecular formula is C25H47N5O3. The lowest BCUT2D eigenvalue weighted by molar-refractivity contribution is 0.122. The molecule has 0 saturated heterocycles. The average Bonchev–Trinajstić information content (AvgIpc) is 3.12. The molecule has 0 amide bonds. The van der Waals surface area contributed by atoms with Crippen molar-refractivity contribution in [1.82, 2.24) is 14.9 Å². The number of nitrogens with one attached hydrogen (secondary N) is 2. The molecule has 8 nitrogen and oxygen atoms in total. The van der Waals surface area contributed by atoms with E-state index in [4.69, 9.17) is 0 Å². The lowest BCUT2D eigenvalue weighted by Gasteiger charge is -2.21. The highest BCUT2D eigenvalue weighted by Crippen LogP contribution is 2.29. The third kappa shape index (κ3) is 8.49. The van der Waals surface area contributed by atoms with Gasteiger partial charge in [-0.25, -0.2) is 4.79 Å². The van der Waals surface area contributed by atoms with Gasteiger partial charge in [-0.15, -0.1) is 0 Å². The molecule has 0 bridgehead atoms. The zero-order valence-electron chi connectivity index (χ0n) is 21.4. The quantitative estimate of drug-likeness (QED) is 0.306. The van der Waals surface area contributed by atoms with E-state index >= 15 is 0 Å². The van der Waals surface area contributed by atoms with Crippen LogP contribution >= 0.6 is 0 Å². The Morgan fingerprint density at radius 1 is 0.970 bits per heavy atom. The third-order valence-electron chi connectivity index (χ3n) is 6.84. The summed E-state index contributed by atoms with van der Waals surface area (Å²) in [6.45, 7) is 6.79. The normalized spacial score (nSPS) is 15.2. The van der Waals surface area contributed by atoms with Gasteiger partial charge in [-0.2, -0.15) is 0 Å². The van der Waals surface area contributed by atoms with Gasteiger partial charge >= 0.3 is 5.69 Å². The largest absolute Gasteiger partial charge is 0.392 e. The molecule has 33 heavy (non-hydrogen) atoms. The van der Waals surface area contributed by atoms with Gasteiger partial charge in [-0.1, -0.05) is 64.7 Å². The number of hydrogen-bond acceptors (Lipinski definition) is 6. The molecule has 2 rings (SSSR count). The van der Waals surface area contributed by atoms with E-state index in [-0.39, 0.29) is 23.4 Å². The maximum absolute atomic E-state index is 12.2. The molecule has 0 aromatic carbocycles. The first-order valence-electron chi connectivity index (χ1n) is 13.1. The highest BCUT2D eigenvalue weighted by Gasteiger charge is 2.29. The number of fused-ring (bicyclic) bond motifs is 1. The minimum atomic E-state index is -0.367. The van der Waals surface area contributed by atoms with E-state index in [1.165, 1.54) is 43.1 Å². The Kier molecular flexibility index (Phi) is 12.0. The molecule has 2 unspecified atom stereocenters. The molecule has 0 spiro atoms. The van der Waals surface area contributed by atoms with Crippen molar-refractivity contribution >= 4 is 11.5 Å². The summed E-state index contributed by atoms with van der Waals surface area (Å²) in [4.78, 5) is 30.5. The Hall–Kier alpha value is -1.80. The molecule has 1 aromatic rings. The van der Waals surface area contributed by atoms with Gasteiger partial charge in [0.1, 0.15) is 11.5 Å². The van der Waals surface area contributed by atoms with E-state index in [9.17, 15) is 14.7 Å². The summed E-state index contributed by atoms with van der Waals surface area (Å²) in [6.07, 6.45) is 13.8. The van der Waals surface area contributed by atoms with E-state index in [1.54, 1.807) is 7.05 Å². The molecule has 1 aliphatic heterocycles. The zero-order valence-corrected chi connectivity index (χ0v) is 21.4. The minimum absolute atomic E-state index is 0.155. The van der Waals surface area contributed by atoms with Gasteiger partial charge < -0.3 is 20.2 Å². The first-order chi connectivity index (χ1) is 15.9. The monoisotopic (exact) mass is 465 g/mol. The van der Waals surface area contributed by atoms with Gasteiger partial charge in [0.2, 0.25) is 0 Å². The van der Waals surface area contributed by atoms with Crippen LogP contribution < -0.4 is 26.4 Å². The Morgan fingerprint density at radius 3 is 2.33 bits per heavy atom.